The highest BCUT2D eigenvalue weighted by molar-refractivity contribution is 7.86. The van der Waals surface area contributed by atoms with E-state index in [1.165, 1.54) is 7.11 Å². The summed E-state index contributed by atoms with van der Waals surface area (Å²) in [4.78, 5) is 10.4. The van der Waals surface area contributed by atoms with Crippen LogP contribution in [-0.4, -0.2) is 41.2 Å². The molecule has 0 aromatic carbocycles. The molecule has 0 aliphatic carbocycles. The fourth-order valence-corrected chi connectivity index (χ4v) is 1.17. The monoisotopic (exact) mass is 212 g/mol. The third-order valence-corrected chi connectivity index (χ3v) is 2.48. The van der Waals surface area contributed by atoms with Gasteiger partial charge in [-0.1, -0.05) is 0 Å². The van der Waals surface area contributed by atoms with Crippen LogP contribution in [0.1, 0.15) is 6.42 Å². The van der Waals surface area contributed by atoms with Crippen molar-refractivity contribution in [1.29, 1.82) is 0 Å². The van der Waals surface area contributed by atoms with Crippen molar-refractivity contribution in [3.8, 4) is 0 Å². The van der Waals surface area contributed by atoms with E-state index in [9.17, 15) is 13.2 Å². The maximum absolute atomic E-state index is 10.7. The standard InChI is InChI=1S/C6H12O6S/c1-10-6(7)12-4-3-5-13(8,9)11-2/h3-5H2,1-2H3. The second kappa shape index (κ2) is 5.76. The van der Waals surface area contributed by atoms with Crippen molar-refractivity contribution >= 4 is 16.3 Å². The molecule has 0 saturated heterocycles. The lowest BCUT2D eigenvalue weighted by Gasteiger charge is -2.02. The maximum atomic E-state index is 10.7. The average molecular weight is 212 g/mol. The largest absolute Gasteiger partial charge is 0.507 e. The Balaban J connectivity index is 3.52. The zero-order valence-electron chi connectivity index (χ0n) is 7.48. The van der Waals surface area contributed by atoms with E-state index in [0.29, 0.717) is 0 Å². The minimum atomic E-state index is -3.46. The summed E-state index contributed by atoms with van der Waals surface area (Å²) < 4.78 is 34.2. The van der Waals surface area contributed by atoms with Crippen molar-refractivity contribution in [3.05, 3.63) is 0 Å². The van der Waals surface area contributed by atoms with E-state index >= 15 is 0 Å². The molecule has 0 spiro atoms. The molecule has 6 nitrogen and oxygen atoms in total. The Labute approximate surface area is 76.9 Å². The molecule has 0 rings (SSSR count). The van der Waals surface area contributed by atoms with Gasteiger partial charge in [-0.05, 0) is 6.42 Å². The van der Waals surface area contributed by atoms with Crippen molar-refractivity contribution in [1.82, 2.24) is 0 Å². The summed E-state index contributed by atoms with van der Waals surface area (Å²) in [6.45, 7) is -0.00470. The Bertz CT molecular complexity index is 244. The molecule has 0 fully saturated rings. The molecule has 0 aliphatic heterocycles. The molecule has 0 N–H and O–H groups in total. The van der Waals surface area contributed by atoms with E-state index in [1.807, 2.05) is 0 Å². The summed E-state index contributed by atoms with van der Waals surface area (Å²) in [5, 5.41) is 0. The molecule has 0 heterocycles. The highest BCUT2D eigenvalue weighted by atomic mass is 32.2. The third kappa shape index (κ3) is 6.35. The van der Waals surface area contributed by atoms with Gasteiger partial charge in [-0.3, -0.25) is 4.18 Å². The van der Waals surface area contributed by atoms with E-state index in [1.54, 1.807) is 0 Å². The molecule has 0 atom stereocenters. The molecule has 0 aliphatic rings. The Hall–Kier alpha value is -0.820. The van der Waals surface area contributed by atoms with Crippen LogP contribution in [-0.2, 0) is 23.8 Å². The van der Waals surface area contributed by atoms with Crippen molar-refractivity contribution in [3.63, 3.8) is 0 Å². The van der Waals surface area contributed by atoms with Crippen molar-refractivity contribution in [2.24, 2.45) is 0 Å². The van der Waals surface area contributed by atoms with Crippen LogP contribution in [0.25, 0.3) is 0 Å². The highest BCUT2D eigenvalue weighted by Crippen LogP contribution is 1.95. The van der Waals surface area contributed by atoms with E-state index in [4.69, 9.17) is 0 Å². The van der Waals surface area contributed by atoms with Crippen molar-refractivity contribution in [2.45, 2.75) is 6.42 Å². The summed E-state index contributed by atoms with van der Waals surface area (Å²) in [5.74, 6) is -0.180. The molecule has 0 aromatic rings. The first kappa shape index (κ1) is 12.2. The molecule has 78 valence electrons. The summed E-state index contributed by atoms with van der Waals surface area (Å²) in [5.41, 5.74) is 0. The number of rotatable bonds is 5. The summed E-state index contributed by atoms with van der Waals surface area (Å²) in [7, 11) is -1.20. The van der Waals surface area contributed by atoms with Gasteiger partial charge in [-0.25, -0.2) is 4.79 Å². The summed E-state index contributed by atoms with van der Waals surface area (Å²) >= 11 is 0. The van der Waals surface area contributed by atoms with Crippen molar-refractivity contribution in [2.75, 3.05) is 26.6 Å². The molecule has 7 heteroatoms. The number of methoxy groups -OCH3 is 1. The minimum Gasteiger partial charge on any atom is -0.438 e. The lowest BCUT2D eigenvalue weighted by Crippen LogP contribution is -2.12. The van der Waals surface area contributed by atoms with Crippen LogP contribution >= 0.6 is 0 Å². The summed E-state index contributed by atoms with van der Waals surface area (Å²) in [6, 6.07) is 0. The first-order chi connectivity index (χ1) is 6.02. The molecular formula is C6H12O6S. The first-order valence-corrected chi connectivity index (χ1v) is 5.08. The molecule has 0 bridgehead atoms. The Kier molecular flexibility index (Phi) is 5.40. The molecule has 0 amide bonds. The van der Waals surface area contributed by atoms with Gasteiger partial charge in [0.05, 0.1) is 26.6 Å². The zero-order valence-corrected chi connectivity index (χ0v) is 8.30. The van der Waals surface area contributed by atoms with Crippen LogP contribution in [0, 0.1) is 0 Å². The van der Waals surface area contributed by atoms with Gasteiger partial charge in [0.1, 0.15) is 0 Å². The summed E-state index contributed by atoms with van der Waals surface area (Å²) in [6.07, 6.45) is -0.638. The number of carbonyl (C=O) groups is 1. The highest BCUT2D eigenvalue weighted by Gasteiger charge is 2.08. The fourth-order valence-electron chi connectivity index (χ4n) is 0.533. The van der Waals surface area contributed by atoms with Crippen molar-refractivity contribution < 1.29 is 26.9 Å². The van der Waals surface area contributed by atoms with Gasteiger partial charge in [0.2, 0.25) is 0 Å². The molecule has 0 saturated carbocycles. The average Bonchev–Trinajstić information content (AvgIpc) is 2.12. The minimum absolute atomic E-state index is 0.00470. The normalized spacial score (nSPS) is 10.9. The number of hydrogen-bond acceptors (Lipinski definition) is 6. The number of hydrogen-bond donors (Lipinski definition) is 0. The quantitative estimate of drug-likeness (QED) is 0.366. The van der Waals surface area contributed by atoms with E-state index in [0.717, 1.165) is 7.11 Å². The number of carbonyl (C=O) groups excluding carboxylic acids is 1. The predicted octanol–water partition coefficient (Wildman–Crippen LogP) is 0.136. The Morgan fingerprint density at radius 3 is 2.38 bits per heavy atom. The van der Waals surface area contributed by atoms with Gasteiger partial charge < -0.3 is 9.47 Å². The molecular weight excluding hydrogens is 200 g/mol. The second-order valence-electron chi connectivity index (χ2n) is 2.08. The molecule has 0 aromatic heterocycles. The lowest BCUT2D eigenvalue weighted by atomic mass is 10.5. The van der Waals surface area contributed by atoms with E-state index < -0.39 is 16.3 Å². The Morgan fingerprint density at radius 2 is 1.92 bits per heavy atom. The van der Waals surface area contributed by atoms with E-state index in [2.05, 4.69) is 13.7 Å². The predicted molar refractivity (Wildman–Crippen MR) is 43.8 cm³/mol. The lowest BCUT2D eigenvalue weighted by molar-refractivity contribution is 0.0728. The maximum Gasteiger partial charge on any atom is 0.507 e. The first-order valence-electron chi connectivity index (χ1n) is 3.51. The van der Waals surface area contributed by atoms with Gasteiger partial charge in [0.25, 0.3) is 10.1 Å². The number of ether oxygens (including phenoxy) is 2. The van der Waals surface area contributed by atoms with Crippen LogP contribution < -0.4 is 0 Å². The SMILES string of the molecule is COC(=O)OCCCS(=O)(=O)OC. The van der Waals surface area contributed by atoms with Gasteiger partial charge in [0.15, 0.2) is 0 Å². The van der Waals surface area contributed by atoms with Crippen LogP contribution in [0.3, 0.4) is 0 Å². The van der Waals surface area contributed by atoms with Gasteiger partial charge in [-0.2, -0.15) is 8.42 Å². The van der Waals surface area contributed by atoms with Crippen LogP contribution in [0.5, 0.6) is 0 Å². The van der Waals surface area contributed by atoms with Crippen LogP contribution in [0.2, 0.25) is 0 Å². The molecule has 13 heavy (non-hydrogen) atoms. The van der Waals surface area contributed by atoms with Gasteiger partial charge >= 0.3 is 6.16 Å². The zero-order chi connectivity index (χ0) is 10.3. The van der Waals surface area contributed by atoms with Crippen LogP contribution in [0.15, 0.2) is 0 Å². The third-order valence-electron chi connectivity index (χ3n) is 1.18. The van der Waals surface area contributed by atoms with Gasteiger partial charge in [-0.15, -0.1) is 0 Å². The fraction of sp³-hybridized carbons (Fsp3) is 0.833. The van der Waals surface area contributed by atoms with E-state index in [-0.39, 0.29) is 18.8 Å². The Morgan fingerprint density at radius 1 is 1.31 bits per heavy atom. The van der Waals surface area contributed by atoms with Crippen LogP contribution in [0.4, 0.5) is 4.79 Å². The van der Waals surface area contributed by atoms with Gasteiger partial charge in [0, 0.05) is 0 Å². The smallest absolute Gasteiger partial charge is 0.438 e. The second-order valence-corrected chi connectivity index (χ2v) is 3.94. The molecule has 0 unspecified atom stereocenters. The topological polar surface area (TPSA) is 78.9 Å². The molecule has 0 radical (unpaired) electrons.